The molecule has 2 fully saturated rings. The summed E-state index contributed by atoms with van der Waals surface area (Å²) in [6.45, 7) is 6.82. The Hall–Kier alpha value is -2.77. The summed E-state index contributed by atoms with van der Waals surface area (Å²) in [4.78, 5) is 42.1. The minimum Gasteiger partial charge on any atom is -0.494 e. The Morgan fingerprint density at radius 2 is 1.64 bits per heavy atom. The number of anilines is 1. The first kappa shape index (κ1) is 20.0. The zero-order valence-corrected chi connectivity index (χ0v) is 16.4. The van der Waals surface area contributed by atoms with Gasteiger partial charge in [-0.1, -0.05) is 0 Å². The highest BCUT2D eigenvalue weighted by atomic mass is 16.6. The van der Waals surface area contributed by atoms with Crippen LogP contribution in [0.3, 0.4) is 0 Å². The fourth-order valence-electron chi connectivity index (χ4n) is 3.59. The number of carbonyl (C=O) groups excluding carboxylic acids is 3. The highest BCUT2D eigenvalue weighted by Gasteiger charge is 2.38. The molecule has 2 heterocycles. The lowest BCUT2D eigenvalue weighted by atomic mass is 10.1. The van der Waals surface area contributed by atoms with Gasteiger partial charge in [-0.15, -0.1) is 0 Å². The summed E-state index contributed by atoms with van der Waals surface area (Å²) in [6, 6.07) is 7.34. The van der Waals surface area contributed by atoms with Crippen LogP contribution in [0.1, 0.15) is 20.3 Å². The Balaban J connectivity index is 1.56. The van der Waals surface area contributed by atoms with E-state index >= 15 is 0 Å². The molecule has 28 heavy (non-hydrogen) atoms. The highest BCUT2D eigenvalue weighted by molar-refractivity contribution is 6.00. The van der Waals surface area contributed by atoms with E-state index in [1.165, 1.54) is 0 Å². The number of piperazine rings is 1. The maximum absolute atomic E-state index is 12.9. The molecule has 8 heteroatoms. The fraction of sp³-hybridized carbons (Fsp3) is 0.550. The fourth-order valence-corrected chi connectivity index (χ4v) is 3.59. The maximum Gasteiger partial charge on any atom is 0.409 e. The minimum atomic E-state index is -0.354. The van der Waals surface area contributed by atoms with E-state index in [9.17, 15) is 14.4 Å². The van der Waals surface area contributed by atoms with Gasteiger partial charge in [-0.2, -0.15) is 0 Å². The Morgan fingerprint density at radius 1 is 1.00 bits per heavy atom. The van der Waals surface area contributed by atoms with Crippen LogP contribution in [0.25, 0.3) is 0 Å². The number of benzene rings is 1. The lowest BCUT2D eigenvalue weighted by Gasteiger charge is -2.35. The first-order valence-corrected chi connectivity index (χ1v) is 9.77. The van der Waals surface area contributed by atoms with Crippen molar-refractivity contribution in [2.45, 2.75) is 20.3 Å². The van der Waals surface area contributed by atoms with Gasteiger partial charge in [0.05, 0.1) is 19.1 Å². The van der Waals surface area contributed by atoms with Gasteiger partial charge in [-0.25, -0.2) is 4.79 Å². The van der Waals surface area contributed by atoms with Crippen molar-refractivity contribution in [3.63, 3.8) is 0 Å². The van der Waals surface area contributed by atoms with Gasteiger partial charge in [-0.3, -0.25) is 9.59 Å². The van der Waals surface area contributed by atoms with E-state index in [1.54, 1.807) is 21.6 Å². The second kappa shape index (κ2) is 8.95. The summed E-state index contributed by atoms with van der Waals surface area (Å²) in [5.74, 6) is 0.330. The molecule has 0 aromatic heterocycles. The smallest absolute Gasteiger partial charge is 0.409 e. The molecular weight excluding hydrogens is 362 g/mol. The van der Waals surface area contributed by atoms with Gasteiger partial charge in [-0.05, 0) is 38.1 Å². The molecule has 0 aliphatic carbocycles. The number of nitrogens with zero attached hydrogens (tertiary/aromatic N) is 3. The molecule has 152 valence electrons. The standard InChI is InChI=1S/C20H27N3O5/c1-3-27-17-7-5-16(6-8-17)23-14-15(13-18(23)24)19(25)21-9-11-22(12-10-21)20(26)28-4-2/h5-8,15H,3-4,9-14H2,1-2H3/t15-/m1/s1. The predicted molar refractivity (Wildman–Crippen MR) is 103 cm³/mol. The van der Waals surface area contributed by atoms with Crippen LogP contribution in [0, 0.1) is 5.92 Å². The quantitative estimate of drug-likeness (QED) is 0.766. The van der Waals surface area contributed by atoms with Gasteiger partial charge < -0.3 is 24.2 Å². The van der Waals surface area contributed by atoms with Crippen LogP contribution >= 0.6 is 0 Å². The number of hydrogen-bond donors (Lipinski definition) is 0. The van der Waals surface area contributed by atoms with Crippen molar-refractivity contribution < 1.29 is 23.9 Å². The van der Waals surface area contributed by atoms with Crippen molar-refractivity contribution >= 4 is 23.6 Å². The number of amides is 3. The largest absolute Gasteiger partial charge is 0.494 e. The lowest BCUT2D eigenvalue weighted by Crippen LogP contribution is -2.52. The van der Waals surface area contributed by atoms with Crippen LogP contribution in [-0.4, -0.2) is 73.6 Å². The van der Waals surface area contributed by atoms with E-state index in [1.807, 2.05) is 31.2 Å². The number of carbonyl (C=O) groups is 3. The zero-order chi connectivity index (χ0) is 20.1. The molecule has 0 radical (unpaired) electrons. The van der Waals surface area contributed by atoms with E-state index in [2.05, 4.69) is 0 Å². The summed E-state index contributed by atoms with van der Waals surface area (Å²) in [5, 5.41) is 0. The molecule has 2 saturated heterocycles. The average molecular weight is 389 g/mol. The monoisotopic (exact) mass is 389 g/mol. The zero-order valence-electron chi connectivity index (χ0n) is 16.4. The molecule has 0 saturated carbocycles. The first-order valence-electron chi connectivity index (χ1n) is 9.77. The lowest BCUT2D eigenvalue weighted by molar-refractivity contribution is -0.137. The molecule has 2 aliphatic rings. The Labute approximate surface area is 165 Å². The molecular formula is C20H27N3O5. The number of ether oxygens (including phenoxy) is 2. The van der Waals surface area contributed by atoms with Crippen LogP contribution in [0.5, 0.6) is 5.75 Å². The molecule has 0 N–H and O–H groups in total. The van der Waals surface area contributed by atoms with Crippen LogP contribution in [-0.2, 0) is 14.3 Å². The second-order valence-corrected chi connectivity index (χ2v) is 6.84. The second-order valence-electron chi connectivity index (χ2n) is 6.84. The van der Waals surface area contributed by atoms with E-state index in [4.69, 9.17) is 9.47 Å². The minimum absolute atomic E-state index is 0.0229. The number of rotatable bonds is 5. The normalized spacial score (nSPS) is 19.7. The Kier molecular flexibility index (Phi) is 6.38. The third-order valence-corrected chi connectivity index (χ3v) is 5.05. The van der Waals surface area contributed by atoms with E-state index in [0.717, 1.165) is 11.4 Å². The van der Waals surface area contributed by atoms with Gasteiger partial charge in [0.2, 0.25) is 11.8 Å². The average Bonchev–Trinajstić information content (AvgIpc) is 3.10. The van der Waals surface area contributed by atoms with Crippen molar-refractivity contribution in [1.29, 1.82) is 0 Å². The summed E-state index contributed by atoms with van der Waals surface area (Å²) >= 11 is 0. The van der Waals surface area contributed by atoms with Gasteiger partial charge in [0, 0.05) is 44.8 Å². The van der Waals surface area contributed by atoms with Crippen LogP contribution in [0.4, 0.5) is 10.5 Å². The van der Waals surface area contributed by atoms with Crippen molar-refractivity contribution in [3.05, 3.63) is 24.3 Å². The topological polar surface area (TPSA) is 79.4 Å². The molecule has 1 aromatic rings. The van der Waals surface area contributed by atoms with Gasteiger partial charge >= 0.3 is 6.09 Å². The third-order valence-electron chi connectivity index (χ3n) is 5.05. The SMILES string of the molecule is CCOC(=O)N1CCN(C(=O)[C@@H]2CC(=O)N(c3ccc(OCC)cc3)C2)CC1. The van der Waals surface area contributed by atoms with Gasteiger partial charge in [0.15, 0.2) is 0 Å². The summed E-state index contributed by atoms with van der Waals surface area (Å²) in [6.07, 6.45) is -0.128. The first-order chi connectivity index (χ1) is 13.5. The van der Waals surface area contributed by atoms with E-state index < -0.39 is 0 Å². The van der Waals surface area contributed by atoms with Crippen molar-refractivity contribution in [2.75, 3.05) is 50.8 Å². The van der Waals surface area contributed by atoms with Crippen molar-refractivity contribution in [3.8, 4) is 5.75 Å². The highest BCUT2D eigenvalue weighted by Crippen LogP contribution is 2.28. The molecule has 1 aromatic carbocycles. The van der Waals surface area contributed by atoms with Crippen molar-refractivity contribution in [1.82, 2.24) is 9.80 Å². The summed E-state index contributed by atoms with van der Waals surface area (Å²) in [5.41, 5.74) is 0.774. The van der Waals surface area contributed by atoms with Crippen LogP contribution in [0.15, 0.2) is 24.3 Å². The molecule has 1 atom stereocenters. The van der Waals surface area contributed by atoms with Crippen molar-refractivity contribution in [2.24, 2.45) is 5.92 Å². The summed E-state index contributed by atoms with van der Waals surface area (Å²) in [7, 11) is 0. The molecule has 0 bridgehead atoms. The molecule has 3 rings (SSSR count). The van der Waals surface area contributed by atoms with E-state index in [-0.39, 0.29) is 30.2 Å². The van der Waals surface area contributed by atoms with Gasteiger partial charge in [0.1, 0.15) is 5.75 Å². The maximum atomic E-state index is 12.9. The Morgan fingerprint density at radius 3 is 2.25 bits per heavy atom. The number of hydrogen-bond acceptors (Lipinski definition) is 5. The molecule has 0 unspecified atom stereocenters. The summed E-state index contributed by atoms with van der Waals surface area (Å²) < 4.78 is 10.4. The molecule has 0 spiro atoms. The van der Waals surface area contributed by atoms with E-state index in [0.29, 0.717) is 45.9 Å². The predicted octanol–water partition coefficient (Wildman–Crippen LogP) is 1.74. The van der Waals surface area contributed by atoms with Crippen LogP contribution < -0.4 is 9.64 Å². The molecule has 3 amide bonds. The Bertz CT molecular complexity index is 713. The van der Waals surface area contributed by atoms with Crippen LogP contribution in [0.2, 0.25) is 0 Å². The molecule has 2 aliphatic heterocycles. The van der Waals surface area contributed by atoms with Gasteiger partial charge in [0.25, 0.3) is 0 Å². The third kappa shape index (κ3) is 4.37. The molecule has 8 nitrogen and oxygen atoms in total.